The summed E-state index contributed by atoms with van der Waals surface area (Å²) in [5.74, 6) is 0. The lowest BCUT2D eigenvalue weighted by Gasteiger charge is -2.05. The highest BCUT2D eigenvalue weighted by Crippen LogP contribution is 2.30. The SMILES string of the molecule is Cc1nn(Cc2csc(C3CCCO3)n2)c(C)c1CCO. The predicted molar refractivity (Wildman–Crippen MR) is 81.6 cm³/mol. The van der Waals surface area contributed by atoms with Crippen LogP contribution in [0.5, 0.6) is 0 Å². The molecule has 0 aromatic carbocycles. The van der Waals surface area contributed by atoms with Gasteiger partial charge in [0.25, 0.3) is 0 Å². The van der Waals surface area contributed by atoms with E-state index in [1.807, 2.05) is 11.6 Å². The zero-order chi connectivity index (χ0) is 14.8. The van der Waals surface area contributed by atoms with Gasteiger partial charge in [-0.3, -0.25) is 4.68 Å². The summed E-state index contributed by atoms with van der Waals surface area (Å²) in [4.78, 5) is 4.70. The molecule has 6 heteroatoms. The van der Waals surface area contributed by atoms with E-state index in [9.17, 15) is 0 Å². The number of aliphatic hydroxyl groups is 1. The van der Waals surface area contributed by atoms with E-state index >= 15 is 0 Å². The molecule has 0 saturated carbocycles. The molecule has 0 radical (unpaired) electrons. The maximum absolute atomic E-state index is 9.13. The molecular weight excluding hydrogens is 286 g/mol. The maximum Gasteiger partial charge on any atom is 0.122 e. The van der Waals surface area contributed by atoms with Gasteiger partial charge in [-0.05, 0) is 38.7 Å². The number of hydrogen-bond donors (Lipinski definition) is 1. The quantitative estimate of drug-likeness (QED) is 0.921. The smallest absolute Gasteiger partial charge is 0.122 e. The van der Waals surface area contributed by atoms with Crippen LogP contribution in [0.3, 0.4) is 0 Å². The van der Waals surface area contributed by atoms with Gasteiger partial charge in [-0.2, -0.15) is 5.10 Å². The molecule has 0 aliphatic carbocycles. The average molecular weight is 307 g/mol. The molecular formula is C15H21N3O2S. The van der Waals surface area contributed by atoms with Crippen LogP contribution in [0.1, 0.15) is 46.6 Å². The lowest BCUT2D eigenvalue weighted by atomic mass is 10.1. The molecule has 21 heavy (non-hydrogen) atoms. The first-order valence-corrected chi connectivity index (χ1v) is 8.26. The van der Waals surface area contributed by atoms with Crippen molar-refractivity contribution < 1.29 is 9.84 Å². The first kappa shape index (κ1) is 14.7. The van der Waals surface area contributed by atoms with Crippen LogP contribution in [-0.2, 0) is 17.7 Å². The van der Waals surface area contributed by atoms with Crippen LogP contribution in [0.2, 0.25) is 0 Å². The summed E-state index contributed by atoms with van der Waals surface area (Å²) < 4.78 is 7.66. The molecule has 0 amide bonds. The van der Waals surface area contributed by atoms with Gasteiger partial charge in [0.05, 0.1) is 17.9 Å². The largest absolute Gasteiger partial charge is 0.396 e. The predicted octanol–water partition coefficient (Wildman–Crippen LogP) is 2.39. The Morgan fingerprint density at radius 1 is 1.48 bits per heavy atom. The zero-order valence-corrected chi connectivity index (χ0v) is 13.3. The molecule has 1 aliphatic heterocycles. The van der Waals surface area contributed by atoms with Gasteiger partial charge in [0.1, 0.15) is 11.1 Å². The summed E-state index contributed by atoms with van der Waals surface area (Å²) >= 11 is 1.68. The second-order valence-corrected chi connectivity index (χ2v) is 6.35. The number of nitrogens with zero attached hydrogens (tertiary/aromatic N) is 3. The van der Waals surface area contributed by atoms with E-state index in [4.69, 9.17) is 14.8 Å². The molecule has 3 heterocycles. The molecule has 2 aromatic heterocycles. The highest BCUT2D eigenvalue weighted by Gasteiger charge is 2.21. The van der Waals surface area contributed by atoms with Crippen LogP contribution >= 0.6 is 11.3 Å². The van der Waals surface area contributed by atoms with E-state index in [-0.39, 0.29) is 12.7 Å². The van der Waals surface area contributed by atoms with Gasteiger partial charge in [0.15, 0.2) is 0 Å². The Kier molecular flexibility index (Phi) is 4.37. The number of aliphatic hydroxyl groups excluding tert-OH is 1. The molecule has 114 valence electrons. The number of thiazole rings is 1. The summed E-state index contributed by atoms with van der Waals surface area (Å²) in [6.45, 7) is 5.74. The fourth-order valence-electron chi connectivity index (χ4n) is 2.83. The van der Waals surface area contributed by atoms with Crippen LogP contribution in [0.15, 0.2) is 5.38 Å². The molecule has 3 rings (SSSR count). The Morgan fingerprint density at radius 3 is 3.05 bits per heavy atom. The summed E-state index contributed by atoms with van der Waals surface area (Å²) in [7, 11) is 0. The molecule has 1 fully saturated rings. The minimum atomic E-state index is 0.160. The van der Waals surface area contributed by atoms with Crippen molar-refractivity contribution >= 4 is 11.3 Å². The second kappa shape index (κ2) is 6.25. The van der Waals surface area contributed by atoms with E-state index in [1.165, 1.54) is 0 Å². The van der Waals surface area contributed by atoms with Crippen LogP contribution in [0.4, 0.5) is 0 Å². The molecule has 5 nitrogen and oxygen atoms in total. The van der Waals surface area contributed by atoms with Gasteiger partial charge < -0.3 is 9.84 Å². The summed E-state index contributed by atoms with van der Waals surface area (Å²) in [6.07, 6.45) is 3.06. The maximum atomic E-state index is 9.13. The Labute approximate surface area is 128 Å². The van der Waals surface area contributed by atoms with Gasteiger partial charge in [-0.1, -0.05) is 0 Å². The van der Waals surface area contributed by atoms with Crippen molar-refractivity contribution in [2.75, 3.05) is 13.2 Å². The molecule has 1 aliphatic rings. The first-order valence-electron chi connectivity index (χ1n) is 7.38. The number of rotatable bonds is 5. The van der Waals surface area contributed by atoms with Crippen LogP contribution in [-0.4, -0.2) is 33.1 Å². The highest BCUT2D eigenvalue weighted by molar-refractivity contribution is 7.09. The zero-order valence-electron chi connectivity index (χ0n) is 12.5. The van der Waals surface area contributed by atoms with Crippen molar-refractivity contribution in [3.8, 4) is 0 Å². The van der Waals surface area contributed by atoms with Gasteiger partial charge in [0.2, 0.25) is 0 Å². The average Bonchev–Trinajstić information content (AvgIpc) is 3.17. The molecule has 1 N–H and O–H groups in total. The lowest BCUT2D eigenvalue weighted by Crippen LogP contribution is -2.05. The van der Waals surface area contributed by atoms with Gasteiger partial charge >= 0.3 is 0 Å². The Morgan fingerprint density at radius 2 is 2.33 bits per heavy atom. The Hall–Kier alpha value is -1.24. The molecule has 2 aromatic rings. The number of ether oxygens (including phenoxy) is 1. The summed E-state index contributed by atoms with van der Waals surface area (Å²) in [6, 6.07) is 0. The number of aromatic nitrogens is 3. The number of hydrogen-bond acceptors (Lipinski definition) is 5. The standard InChI is InChI=1S/C15H21N3O2S/c1-10-13(5-6-19)11(2)18(17-10)8-12-9-21-15(16-12)14-4-3-7-20-14/h9,14,19H,3-8H2,1-2H3. The molecule has 0 bridgehead atoms. The second-order valence-electron chi connectivity index (χ2n) is 5.46. The first-order chi connectivity index (χ1) is 10.2. The van der Waals surface area contributed by atoms with Crippen molar-refractivity contribution in [2.24, 2.45) is 0 Å². The van der Waals surface area contributed by atoms with E-state index in [2.05, 4.69) is 17.4 Å². The van der Waals surface area contributed by atoms with Crippen LogP contribution in [0.25, 0.3) is 0 Å². The normalized spacial score (nSPS) is 18.5. The highest BCUT2D eigenvalue weighted by atomic mass is 32.1. The van der Waals surface area contributed by atoms with Crippen molar-refractivity contribution in [1.82, 2.24) is 14.8 Å². The van der Waals surface area contributed by atoms with Crippen molar-refractivity contribution in [2.45, 2.75) is 45.8 Å². The van der Waals surface area contributed by atoms with E-state index in [0.717, 1.165) is 47.1 Å². The topological polar surface area (TPSA) is 60.2 Å². The molecule has 1 saturated heterocycles. The minimum absolute atomic E-state index is 0.160. The third kappa shape index (κ3) is 3.02. The fraction of sp³-hybridized carbons (Fsp3) is 0.600. The van der Waals surface area contributed by atoms with Crippen molar-refractivity contribution in [3.05, 3.63) is 33.0 Å². The summed E-state index contributed by atoms with van der Waals surface area (Å²) in [5.41, 5.74) is 4.29. The van der Waals surface area contributed by atoms with E-state index < -0.39 is 0 Å². The number of aryl methyl sites for hydroxylation is 1. The van der Waals surface area contributed by atoms with Crippen molar-refractivity contribution in [3.63, 3.8) is 0 Å². The summed E-state index contributed by atoms with van der Waals surface area (Å²) in [5, 5.41) is 16.9. The minimum Gasteiger partial charge on any atom is -0.396 e. The van der Waals surface area contributed by atoms with Crippen molar-refractivity contribution in [1.29, 1.82) is 0 Å². The third-order valence-electron chi connectivity index (χ3n) is 3.98. The molecule has 1 atom stereocenters. The lowest BCUT2D eigenvalue weighted by molar-refractivity contribution is 0.111. The van der Waals surface area contributed by atoms with E-state index in [1.54, 1.807) is 11.3 Å². The fourth-order valence-corrected chi connectivity index (χ4v) is 3.72. The molecule has 0 spiro atoms. The van der Waals surface area contributed by atoms with Crippen LogP contribution < -0.4 is 0 Å². The Balaban J connectivity index is 1.76. The van der Waals surface area contributed by atoms with E-state index in [0.29, 0.717) is 13.0 Å². The van der Waals surface area contributed by atoms with Gasteiger partial charge in [-0.25, -0.2) is 4.98 Å². The van der Waals surface area contributed by atoms with Crippen LogP contribution in [0, 0.1) is 13.8 Å². The molecule has 1 unspecified atom stereocenters. The van der Waals surface area contributed by atoms with Gasteiger partial charge in [-0.15, -0.1) is 11.3 Å². The third-order valence-corrected chi connectivity index (χ3v) is 4.97. The Bertz CT molecular complexity index is 614. The van der Waals surface area contributed by atoms with Gasteiger partial charge in [0, 0.05) is 24.3 Å². The monoisotopic (exact) mass is 307 g/mol.